The normalized spacial score (nSPS) is 10.1. The van der Waals surface area contributed by atoms with Crippen LogP contribution in [0.5, 0.6) is 17.2 Å². The molecule has 7 nitrogen and oxygen atoms in total. The zero-order valence-corrected chi connectivity index (χ0v) is 22.2. The third-order valence-electron chi connectivity index (χ3n) is 5.37. The van der Waals surface area contributed by atoms with Gasteiger partial charge in [-0.2, -0.15) is 0 Å². The number of methoxy groups -OCH3 is 3. The highest BCUT2D eigenvalue weighted by Crippen LogP contribution is 2.38. The zero-order chi connectivity index (χ0) is 23.0. The second kappa shape index (κ2) is 14.7. The fourth-order valence-corrected chi connectivity index (χ4v) is 3.42. The number of nitrogens with zero attached hydrogens (tertiary/aromatic N) is 3. The molecule has 2 aromatic carbocycles. The van der Waals surface area contributed by atoms with Crippen LogP contribution in [0.2, 0.25) is 0 Å². The van der Waals surface area contributed by atoms with Gasteiger partial charge in [0.1, 0.15) is 0 Å². The molecule has 0 fully saturated rings. The van der Waals surface area contributed by atoms with Crippen molar-refractivity contribution in [1.29, 1.82) is 0 Å². The van der Waals surface area contributed by atoms with Gasteiger partial charge in [-0.25, -0.2) is 0 Å². The molecule has 33 heavy (non-hydrogen) atoms. The number of likely N-dealkylation sites (N-methyl/N-ethyl adjacent to an activating group) is 1. The van der Waals surface area contributed by atoms with Gasteiger partial charge in [0.05, 0.1) is 21.3 Å². The van der Waals surface area contributed by atoms with Crippen LogP contribution in [0.3, 0.4) is 0 Å². The van der Waals surface area contributed by atoms with Crippen LogP contribution in [0.15, 0.2) is 36.4 Å². The van der Waals surface area contributed by atoms with Crippen molar-refractivity contribution < 1.29 is 19.0 Å². The topological polar surface area (TPSA) is 54.5 Å². The number of carbonyl (C=O) groups excluding carboxylic acids is 1. The maximum Gasteiger partial charge on any atom is 0.258 e. The van der Waals surface area contributed by atoms with Crippen molar-refractivity contribution in [2.45, 2.75) is 13.8 Å². The van der Waals surface area contributed by atoms with E-state index < -0.39 is 0 Å². The summed E-state index contributed by atoms with van der Waals surface area (Å²) in [5.74, 6) is 1.25. The minimum absolute atomic E-state index is 0. The van der Waals surface area contributed by atoms with Crippen LogP contribution >= 0.6 is 24.8 Å². The lowest BCUT2D eigenvalue weighted by Crippen LogP contribution is -2.39. The first-order valence-corrected chi connectivity index (χ1v) is 10.5. The molecule has 0 saturated carbocycles. The van der Waals surface area contributed by atoms with E-state index in [1.807, 2.05) is 43.3 Å². The maximum atomic E-state index is 13.6. The Labute approximate surface area is 210 Å². The monoisotopic (exact) mass is 501 g/mol. The van der Waals surface area contributed by atoms with Gasteiger partial charge in [0.25, 0.3) is 5.91 Å². The van der Waals surface area contributed by atoms with Gasteiger partial charge in [0, 0.05) is 44.1 Å². The summed E-state index contributed by atoms with van der Waals surface area (Å²) in [5.41, 5.74) is 2.40. The third kappa shape index (κ3) is 7.59. The van der Waals surface area contributed by atoms with E-state index in [9.17, 15) is 4.79 Å². The molecule has 0 aromatic heterocycles. The van der Waals surface area contributed by atoms with Crippen LogP contribution in [-0.4, -0.2) is 72.4 Å². The number of ether oxygens (including phenoxy) is 3. The van der Waals surface area contributed by atoms with Gasteiger partial charge in [0.2, 0.25) is 5.75 Å². The largest absolute Gasteiger partial charge is 0.493 e. The highest BCUT2D eigenvalue weighted by molar-refractivity contribution is 6.07. The Hall–Kier alpha value is -2.35. The Morgan fingerprint density at radius 2 is 1.27 bits per heavy atom. The van der Waals surface area contributed by atoms with Crippen molar-refractivity contribution >= 4 is 42.1 Å². The smallest absolute Gasteiger partial charge is 0.258 e. The Morgan fingerprint density at radius 1 is 0.788 bits per heavy atom. The number of hydrogen-bond acceptors (Lipinski definition) is 6. The van der Waals surface area contributed by atoms with E-state index in [0.717, 1.165) is 31.0 Å². The second-order valence-corrected chi connectivity index (χ2v) is 7.31. The first kappa shape index (κ1) is 30.6. The third-order valence-corrected chi connectivity index (χ3v) is 5.37. The number of anilines is 2. The molecule has 0 radical (unpaired) electrons. The fraction of sp³-hybridized carbons (Fsp3) is 0.458. The van der Waals surface area contributed by atoms with Crippen LogP contribution in [0.1, 0.15) is 24.2 Å². The quantitative estimate of drug-likeness (QED) is 0.448. The molecule has 0 bridgehead atoms. The number of hydrogen-bond donors (Lipinski definition) is 0. The Bertz CT molecular complexity index is 834. The predicted molar refractivity (Wildman–Crippen MR) is 141 cm³/mol. The Kier molecular flexibility index (Phi) is 13.7. The van der Waals surface area contributed by atoms with Gasteiger partial charge in [0.15, 0.2) is 11.5 Å². The van der Waals surface area contributed by atoms with E-state index in [1.165, 1.54) is 0 Å². The van der Waals surface area contributed by atoms with Gasteiger partial charge < -0.3 is 28.9 Å². The molecule has 0 spiro atoms. The molecule has 0 aliphatic heterocycles. The van der Waals surface area contributed by atoms with Crippen LogP contribution < -0.4 is 24.0 Å². The summed E-state index contributed by atoms with van der Waals surface area (Å²) in [6.07, 6.45) is 0. The summed E-state index contributed by atoms with van der Waals surface area (Å²) in [5, 5.41) is 0. The first-order valence-electron chi connectivity index (χ1n) is 10.5. The van der Waals surface area contributed by atoms with Crippen molar-refractivity contribution in [3.63, 3.8) is 0 Å². The lowest BCUT2D eigenvalue weighted by atomic mass is 10.1. The summed E-state index contributed by atoms with van der Waals surface area (Å²) >= 11 is 0. The van der Waals surface area contributed by atoms with E-state index in [2.05, 4.69) is 18.7 Å². The Morgan fingerprint density at radius 3 is 1.67 bits per heavy atom. The minimum Gasteiger partial charge on any atom is -0.493 e. The molecule has 186 valence electrons. The molecule has 2 aromatic rings. The Balaban J connectivity index is 0.00000512. The van der Waals surface area contributed by atoms with Crippen LogP contribution in [-0.2, 0) is 0 Å². The van der Waals surface area contributed by atoms with Gasteiger partial charge in [-0.15, -0.1) is 24.8 Å². The van der Waals surface area contributed by atoms with Gasteiger partial charge in [-0.1, -0.05) is 13.8 Å². The van der Waals surface area contributed by atoms with Gasteiger partial charge in [-0.3, -0.25) is 4.79 Å². The fourth-order valence-electron chi connectivity index (χ4n) is 3.42. The van der Waals surface area contributed by atoms with Gasteiger partial charge in [-0.05, 0) is 49.5 Å². The lowest BCUT2D eigenvalue weighted by Gasteiger charge is -2.27. The molecule has 9 heteroatoms. The lowest BCUT2D eigenvalue weighted by molar-refractivity contribution is 0.0983. The summed E-state index contributed by atoms with van der Waals surface area (Å²) in [4.78, 5) is 19.8. The SMILES string of the molecule is CCN(CC)CCN(C(=O)c1cc(OC)c(OC)c(OC)c1)c1ccc(N(C)C)cc1.Cl.Cl. The van der Waals surface area contributed by atoms with Crippen LogP contribution in [0.25, 0.3) is 0 Å². The molecule has 1 amide bonds. The van der Waals surface area contributed by atoms with E-state index in [1.54, 1.807) is 38.4 Å². The van der Waals surface area contributed by atoms with Crippen LogP contribution in [0.4, 0.5) is 11.4 Å². The zero-order valence-electron chi connectivity index (χ0n) is 20.6. The van der Waals surface area contributed by atoms with E-state index in [-0.39, 0.29) is 30.7 Å². The predicted octanol–water partition coefficient (Wildman–Crippen LogP) is 4.61. The molecule has 0 N–H and O–H groups in total. The molecule has 0 heterocycles. The molecular formula is C24H37Cl2N3O4. The summed E-state index contributed by atoms with van der Waals surface area (Å²) in [6, 6.07) is 11.4. The number of rotatable bonds is 11. The molecule has 0 atom stereocenters. The number of benzene rings is 2. The molecule has 0 unspecified atom stereocenters. The van der Waals surface area contributed by atoms with Crippen molar-refractivity contribution in [2.75, 3.05) is 71.4 Å². The van der Waals surface area contributed by atoms with Crippen molar-refractivity contribution in [1.82, 2.24) is 4.90 Å². The molecular weight excluding hydrogens is 465 g/mol. The molecule has 0 saturated heterocycles. The van der Waals surface area contributed by atoms with E-state index in [4.69, 9.17) is 14.2 Å². The second-order valence-electron chi connectivity index (χ2n) is 7.31. The van der Waals surface area contributed by atoms with Crippen molar-refractivity contribution in [2.24, 2.45) is 0 Å². The molecule has 0 aliphatic rings. The minimum atomic E-state index is -0.121. The van der Waals surface area contributed by atoms with Gasteiger partial charge >= 0.3 is 0 Å². The summed E-state index contributed by atoms with van der Waals surface area (Å²) in [6.45, 7) is 7.46. The van der Waals surface area contributed by atoms with Crippen molar-refractivity contribution in [3.05, 3.63) is 42.0 Å². The maximum absolute atomic E-state index is 13.6. The van der Waals surface area contributed by atoms with E-state index >= 15 is 0 Å². The standard InChI is InChI=1S/C24H35N3O4.2ClH/c1-8-26(9-2)14-15-27(20-12-10-19(11-13-20)25(3)4)24(28)18-16-21(29-5)23(31-7)22(17-18)30-6;;/h10-13,16-17H,8-9,14-15H2,1-7H3;2*1H. The average Bonchev–Trinajstić information content (AvgIpc) is 2.80. The summed E-state index contributed by atoms with van der Waals surface area (Å²) in [7, 11) is 8.63. The average molecular weight is 502 g/mol. The first-order chi connectivity index (χ1) is 14.9. The van der Waals surface area contributed by atoms with E-state index in [0.29, 0.717) is 29.4 Å². The number of amides is 1. The number of carbonyl (C=O) groups is 1. The highest BCUT2D eigenvalue weighted by Gasteiger charge is 2.23. The van der Waals surface area contributed by atoms with Crippen molar-refractivity contribution in [3.8, 4) is 17.2 Å². The van der Waals surface area contributed by atoms with Crippen LogP contribution in [0, 0.1) is 0 Å². The number of halogens is 2. The highest BCUT2D eigenvalue weighted by atomic mass is 35.5. The molecule has 2 rings (SSSR count). The summed E-state index contributed by atoms with van der Waals surface area (Å²) < 4.78 is 16.3. The molecule has 0 aliphatic carbocycles.